The molecule has 0 aliphatic heterocycles. The van der Waals surface area contributed by atoms with Gasteiger partial charge in [-0.05, 0) is 30.2 Å². The van der Waals surface area contributed by atoms with Gasteiger partial charge in [0.1, 0.15) is 0 Å². The summed E-state index contributed by atoms with van der Waals surface area (Å²) >= 11 is 0. The van der Waals surface area contributed by atoms with Gasteiger partial charge in [-0.15, -0.1) is 0 Å². The molecule has 9 heteroatoms. The van der Waals surface area contributed by atoms with E-state index in [2.05, 4.69) is 20.2 Å². The lowest BCUT2D eigenvalue weighted by atomic mass is 10.1. The maximum Gasteiger partial charge on any atom is 0.240 e. The zero-order valence-electron chi connectivity index (χ0n) is 16.0. The predicted octanol–water partition coefficient (Wildman–Crippen LogP) is 1.81. The summed E-state index contributed by atoms with van der Waals surface area (Å²) in [6.45, 7) is 2.20. The van der Waals surface area contributed by atoms with Crippen LogP contribution in [0.4, 0.5) is 0 Å². The van der Waals surface area contributed by atoms with Crippen LogP contribution in [-0.4, -0.2) is 35.9 Å². The summed E-state index contributed by atoms with van der Waals surface area (Å²) in [7, 11) is -3.65. The molecule has 0 radical (unpaired) electrons. The van der Waals surface area contributed by atoms with Gasteiger partial charge in [0.05, 0.1) is 29.9 Å². The van der Waals surface area contributed by atoms with Gasteiger partial charge in [-0.1, -0.05) is 42.5 Å². The summed E-state index contributed by atoms with van der Waals surface area (Å²) in [6, 6.07) is 15.8. The Morgan fingerprint density at radius 2 is 1.79 bits per heavy atom. The van der Waals surface area contributed by atoms with Crippen LogP contribution >= 0.6 is 0 Å². The van der Waals surface area contributed by atoms with Gasteiger partial charge in [0.25, 0.3) is 0 Å². The van der Waals surface area contributed by atoms with Crippen molar-refractivity contribution >= 4 is 15.9 Å². The molecule has 0 fully saturated rings. The summed E-state index contributed by atoms with van der Waals surface area (Å²) in [4.78, 5) is 14.1. The molecule has 3 rings (SSSR count). The van der Waals surface area contributed by atoms with Crippen molar-refractivity contribution in [3.63, 3.8) is 0 Å². The monoisotopic (exact) mass is 413 g/mol. The summed E-state index contributed by atoms with van der Waals surface area (Å²) in [5.41, 5.74) is 1.77. The van der Waals surface area contributed by atoms with Crippen LogP contribution in [0.5, 0.6) is 0 Å². The van der Waals surface area contributed by atoms with E-state index in [1.807, 2.05) is 43.3 Å². The third kappa shape index (κ3) is 5.97. The number of aryl methyl sites for hydroxylation is 1. The number of nitrogens with zero attached hydrogens (tertiary/aromatic N) is 3. The number of benzene rings is 2. The Morgan fingerprint density at radius 1 is 1.07 bits per heavy atom. The van der Waals surface area contributed by atoms with Crippen LogP contribution in [0.2, 0.25) is 0 Å². The van der Waals surface area contributed by atoms with E-state index < -0.39 is 10.0 Å². The minimum Gasteiger partial charge on any atom is -0.347 e. The molecule has 1 amide bonds. The lowest BCUT2D eigenvalue weighted by Gasteiger charge is -2.19. The summed E-state index contributed by atoms with van der Waals surface area (Å²) in [5.74, 6) is -0.266. The zero-order chi connectivity index (χ0) is 20.7. The lowest BCUT2D eigenvalue weighted by Crippen LogP contribution is -2.35. The minimum atomic E-state index is -3.65. The maximum absolute atomic E-state index is 12.4. The molecule has 0 aliphatic carbocycles. The first-order chi connectivity index (χ1) is 13.9. The van der Waals surface area contributed by atoms with E-state index in [0.29, 0.717) is 6.54 Å². The van der Waals surface area contributed by atoms with Crippen LogP contribution in [0.15, 0.2) is 71.9 Å². The predicted molar refractivity (Wildman–Crippen MR) is 108 cm³/mol. The number of carbonyl (C=O) groups excluding carboxylic acids is 1. The number of nitrogens with one attached hydrogen (secondary N) is 2. The van der Waals surface area contributed by atoms with Crippen LogP contribution in [0.3, 0.4) is 0 Å². The summed E-state index contributed by atoms with van der Waals surface area (Å²) in [6.07, 6.45) is 3.16. The molecule has 29 heavy (non-hydrogen) atoms. The van der Waals surface area contributed by atoms with Crippen LogP contribution in [0, 0.1) is 6.92 Å². The first kappa shape index (κ1) is 20.7. The molecule has 0 spiro atoms. The smallest absolute Gasteiger partial charge is 0.240 e. The maximum atomic E-state index is 12.4. The molecule has 152 valence electrons. The normalized spacial score (nSPS) is 12.4. The third-order valence-corrected chi connectivity index (χ3v) is 5.75. The number of aromatic nitrogens is 3. The van der Waals surface area contributed by atoms with Crippen molar-refractivity contribution in [1.29, 1.82) is 0 Å². The molecule has 0 saturated carbocycles. The Bertz CT molecular complexity index is 1040. The highest BCUT2D eigenvalue weighted by Gasteiger charge is 2.18. The van der Waals surface area contributed by atoms with Crippen LogP contribution in [-0.2, 0) is 21.4 Å². The highest BCUT2D eigenvalue weighted by atomic mass is 32.2. The molecule has 8 nitrogen and oxygen atoms in total. The highest BCUT2D eigenvalue weighted by Crippen LogP contribution is 2.15. The largest absolute Gasteiger partial charge is 0.347 e. The van der Waals surface area contributed by atoms with Crippen LogP contribution < -0.4 is 10.0 Å². The Labute approximate surface area is 170 Å². The SMILES string of the molecule is Cc1cccc(S(=O)(=O)NCCC(=O)NC(Cn2nccn2)c2ccccc2)c1. The van der Waals surface area contributed by atoms with Crippen molar-refractivity contribution in [2.45, 2.75) is 30.8 Å². The molecule has 2 aromatic carbocycles. The number of carbonyl (C=O) groups is 1. The molecule has 0 saturated heterocycles. The highest BCUT2D eigenvalue weighted by molar-refractivity contribution is 7.89. The zero-order valence-corrected chi connectivity index (χ0v) is 16.8. The fourth-order valence-electron chi connectivity index (χ4n) is 2.85. The first-order valence-electron chi connectivity index (χ1n) is 9.19. The molecule has 1 heterocycles. The Hall–Kier alpha value is -3.04. The van der Waals surface area contributed by atoms with Gasteiger partial charge in [0.2, 0.25) is 15.9 Å². The van der Waals surface area contributed by atoms with Gasteiger partial charge in [0, 0.05) is 13.0 Å². The topological polar surface area (TPSA) is 106 Å². The Balaban J connectivity index is 1.59. The van der Waals surface area contributed by atoms with Crippen molar-refractivity contribution in [3.05, 3.63) is 78.1 Å². The number of amides is 1. The van der Waals surface area contributed by atoms with Crippen molar-refractivity contribution in [2.24, 2.45) is 0 Å². The van der Waals surface area contributed by atoms with Crippen molar-refractivity contribution in [3.8, 4) is 0 Å². The molecule has 1 unspecified atom stereocenters. The van der Waals surface area contributed by atoms with E-state index in [1.54, 1.807) is 24.5 Å². The molecule has 0 aliphatic rings. The third-order valence-electron chi connectivity index (χ3n) is 4.29. The molecule has 3 aromatic rings. The standard InChI is InChI=1S/C20H23N5O3S/c1-16-6-5-9-18(14-16)29(27,28)23-11-10-20(26)24-19(15-25-21-12-13-22-25)17-7-3-2-4-8-17/h2-9,12-14,19,23H,10-11,15H2,1H3,(H,24,26). The molecular formula is C20H23N5O3S. The fourth-order valence-corrected chi connectivity index (χ4v) is 3.99. The van der Waals surface area contributed by atoms with E-state index in [4.69, 9.17) is 0 Å². The molecule has 1 aromatic heterocycles. The molecule has 0 bridgehead atoms. The lowest BCUT2D eigenvalue weighted by molar-refractivity contribution is -0.121. The van der Waals surface area contributed by atoms with E-state index in [-0.39, 0.29) is 29.8 Å². The number of hydrogen-bond acceptors (Lipinski definition) is 5. The van der Waals surface area contributed by atoms with Crippen molar-refractivity contribution < 1.29 is 13.2 Å². The second kappa shape index (κ2) is 9.44. The Morgan fingerprint density at radius 3 is 2.48 bits per heavy atom. The van der Waals surface area contributed by atoms with Gasteiger partial charge in [0.15, 0.2) is 0 Å². The van der Waals surface area contributed by atoms with Gasteiger partial charge in [-0.25, -0.2) is 13.1 Å². The van der Waals surface area contributed by atoms with E-state index in [1.165, 1.54) is 10.9 Å². The van der Waals surface area contributed by atoms with Gasteiger partial charge in [-0.3, -0.25) is 4.79 Å². The number of hydrogen-bond donors (Lipinski definition) is 2. The summed E-state index contributed by atoms with van der Waals surface area (Å²) < 4.78 is 27.2. The molecule has 1 atom stereocenters. The van der Waals surface area contributed by atoms with Crippen molar-refractivity contribution in [2.75, 3.05) is 6.54 Å². The number of rotatable bonds is 9. The quantitative estimate of drug-likeness (QED) is 0.557. The van der Waals surface area contributed by atoms with E-state index in [9.17, 15) is 13.2 Å². The summed E-state index contributed by atoms with van der Waals surface area (Å²) in [5, 5.41) is 11.1. The second-order valence-electron chi connectivity index (χ2n) is 6.58. The molecule has 2 N–H and O–H groups in total. The van der Waals surface area contributed by atoms with E-state index >= 15 is 0 Å². The fraction of sp³-hybridized carbons (Fsp3) is 0.250. The van der Waals surface area contributed by atoms with Gasteiger partial charge in [-0.2, -0.15) is 15.0 Å². The van der Waals surface area contributed by atoms with E-state index in [0.717, 1.165) is 11.1 Å². The van der Waals surface area contributed by atoms with Crippen LogP contribution in [0.25, 0.3) is 0 Å². The van der Waals surface area contributed by atoms with Gasteiger partial charge >= 0.3 is 0 Å². The van der Waals surface area contributed by atoms with Crippen LogP contribution in [0.1, 0.15) is 23.6 Å². The Kier molecular flexibility index (Phi) is 6.73. The number of sulfonamides is 1. The minimum absolute atomic E-state index is 0.00361. The molecular weight excluding hydrogens is 390 g/mol. The average Bonchev–Trinajstić information content (AvgIpc) is 3.21. The second-order valence-corrected chi connectivity index (χ2v) is 8.35. The van der Waals surface area contributed by atoms with Gasteiger partial charge < -0.3 is 5.32 Å². The average molecular weight is 414 g/mol. The first-order valence-corrected chi connectivity index (χ1v) is 10.7. The van der Waals surface area contributed by atoms with Crippen molar-refractivity contribution in [1.82, 2.24) is 25.0 Å².